The summed E-state index contributed by atoms with van der Waals surface area (Å²) in [6.07, 6.45) is -0.187. The fourth-order valence-electron chi connectivity index (χ4n) is 4.50. The zero-order valence-electron chi connectivity index (χ0n) is 17.4. The number of aliphatic hydroxyl groups is 1. The lowest BCUT2D eigenvalue weighted by molar-refractivity contribution is 0.0554. The highest BCUT2D eigenvalue weighted by Gasteiger charge is 2.47. The van der Waals surface area contributed by atoms with Gasteiger partial charge in [-0.25, -0.2) is 0 Å². The van der Waals surface area contributed by atoms with E-state index in [2.05, 4.69) is 15.9 Å². The van der Waals surface area contributed by atoms with Crippen LogP contribution in [0.4, 0.5) is 0 Å². The van der Waals surface area contributed by atoms with Crippen molar-refractivity contribution in [3.8, 4) is 28.7 Å². The van der Waals surface area contributed by atoms with Crippen LogP contribution in [0, 0.1) is 0 Å². The number of methoxy groups -OCH3 is 2. The third-order valence-corrected chi connectivity index (χ3v) is 7.06. The monoisotopic (exact) mass is 488 g/mol. The first-order valence-corrected chi connectivity index (χ1v) is 10.9. The van der Waals surface area contributed by atoms with Crippen LogP contribution >= 0.6 is 15.9 Å². The van der Waals surface area contributed by atoms with Gasteiger partial charge in [0.15, 0.2) is 17.3 Å². The molecule has 3 aliphatic rings. The minimum absolute atomic E-state index is 0.0157. The Labute approximate surface area is 188 Å². The van der Waals surface area contributed by atoms with Gasteiger partial charge in [0.05, 0.1) is 36.6 Å². The lowest BCUT2D eigenvalue weighted by Gasteiger charge is -2.37. The molecular weight excluding hydrogens is 465 g/mol. The minimum atomic E-state index is -0.595. The van der Waals surface area contributed by atoms with Crippen LogP contribution in [0.3, 0.4) is 0 Å². The second-order valence-corrected chi connectivity index (χ2v) is 10.0. The fourth-order valence-corrected chi connectivity index (χ4v) is 4.76. The van der Waals surface area contributed by atoms with Crippen molar-refractivity contribution in [2.45, 2.75) is 35.8 Å². The van der Waals surface area contributed by atoms with Gasteiger partial charge in [0.25, 0.3) is 0 Å². The van der Waals surface area contributed by atoms with Crippen molar-refractivity contribution in [2.75, 3.05) is 27.4 Å². The van der Waals surface area contributed by atoms with Gasteiger partial charge in [0, 0.05) is 23.6 Å². The third kappa shape index (κ3) is 3.07. The van der Waals surface area contributed by atoms with Crippen LogP contribution in [0.25, 0.3) is 0 Å². The van der Waals surface area contributed by atoms with E-state index in [-0.39, 0.29) is 25.1 Å². The number of aliphatic hydroxyl groups excluding tert-OH is 1. The predicted octanol–water partition coefficient (Wildman–Crippen LogP) is 3.27. The molecule has 31 heavy (non-hydrogen) atoms. The number of ether oxygens (including phenoxy) is 5. The third-order valence-electron chi connectivity index (χ3n) is 6.30. The summed E-state index contributed by atoms with van der Waals surface area (Å²) in [5, 5.41) is 9.69. The molecule has 3 aliphatic heterocycles. The maximum Gasteiger partial charge on any atom is 0.178 e. The number of rotatable bonds is 4. The molecule has 0 spiro atoms. The molecule has 4 atom stereocenters. The van der Waals surface area contributed by atoms with Crippen LogP contribution in [-0.4, -0.2) is 54.9 Å². The largest absolute Gasteiger partial charge is 0.493 e. The molecule has 1 N–H and O–H groups in total. The van der Waals surface area contributed by atoms with Crippen molar-refractivity contribution < 1.29 is 33.6 Å². The van der Waals surface area contributed by atoms with Crippen LogP contribution in [-0.2, 0) is 6.42 Å². The van der Waals surface area contributed by atoms with E-state index in [9.17, 15) is 9.90 Å². The second kappa shape index (κ2) is 7.31. The van der Waals surface area contributed by atoms with Gasteiger partial charge in [-0.1, -0.05) is 15.9 Å². The van der Waals surface area contributed by atoms with E-state index in [1.165, 1.54) is 0 Å². The molecule has 5 rings (SSSR count). The molecule has 0 amide bonds. The van der Waals surface area contributed by atoms with E-state index in [1.54, 1.807) is 32.4 Å². The fraction of sp³-hybridized carbons (Fsp3) is 0.435. The molecule has 164 valence electrons. The topological polar surface area (TPSA) is 83.5 Å². The van der Waals surface area contributed by atoms with E-state index in [0.717, 1.165) is 11.1 Å². The summed E-state index contributed by atoms with van der Waals surface area (Å²) in [5.74, 6) is 2.41. The molecule has 0 saturated heterocycles. The first-order chi connectivity index (χ1) is 14.9. The Morgan fingerprint density at radius 3 is 2.61 bits per heavy atom. The number of carbonyl (C=O) groups is 1. The van der Waals surface area contributed by atoms with Crippen molar-refractivity contribution >= 4 is 21.7 Å². The molecule has 0 bridgehead atoms. The van der Waals surface area contributed by atoms with Gasteiger partial charge in [-0.05, 0) is 25.1 Å². The van der Waals surface area contributed by atoms with Crippen LogP contribution in [0.15, 0.2) is 24.3 Å². The molecule has 3 heterocycles. The average Bonchev–Trinajstić information content (AvgIpc) is 3.23. The van der Waals surface area contributed by atoms with E-state index in [4.69, 9.17) is 23.7 Å². The molecule has 8 heteroatoms. The highest BCUT2D eigenvalue weighted by atomic mass is 76.9. The Morgan fingerprint density at radius 1 is 1.16 bits per heavy atom. The first-order valence-electron chi connectivity index (χ1n) is 10.1. The maximum absolute atomic E-state index is 13.6. The normalized spacial score (nSPS) is 24.9. The van der Waals surface area contributed by atoms with Gasteiger partial charge in [0.2, 0.25) is 0 Å². The summed E-state index contributed by atoms with van der Waals surface area (Å²) >= 11 is 3.55. The maximum atomic E-state index is 13.6. The summed E-state index contributed by atoms with van der Waals surface area (Å²) in [4.78, 5) is 13.6. The Hall–Kier alpha value is -2.45. The second-order valence-electron chi connectivity index (χ2n) is 8.22. The van der Waals surface area contributed by atoms with E-state index in [0.29, 0.717) is 40.7 Å². The molecule has 2 aromatic carbocycles. The Kier molecular flexibility index (Phi) is 4.82. The van der Waals surface area contributed by atoms with E-state index in [1.807, 2.05) is 13.0 Å². The SMILES string of the molecule is COc1cc2c(cc1OC)[C@@H]1C(=O)c3ccc4c(c3O[C@@H]1CO2)C[C@H]([C@](C)([77Br])CO)O4. The number of halogens is 1. The number of benzene rings is 2. The van der Waals surface area contributed by atoms with Gasteiger partial charge < -0.3 is 28.8 Å². The van der Waals surface area contributed by atoms with Gasteiger partial charge >= 0.3 is 0 Å². The molecule has 0 aliphatic carbocycles. The van der Waals surface area contributed by atoms with Crippen LogP contribution in [0.2, 0.25) is 0 Å². The number of carbonyl (C=O) groups excluding carboxylic acids is 1. The summed E-state index contributed by atoms with van der Waals surface area (Å²) in [7, 11) is 3.12. The van der Waals surface area contributed by atoms with Crippen molar-refractivity contribution in [1.82, 2.24) is 0 Å². The summed E-state index contributed by atoms with van der Waals surface area (Å²) < 4.78 is 28.5. The van der Waals surface area contributed by atoms with E-state index >= 15 is 0 Å². The molecule has 0 aromatic heterocycles. The van der Waals surface area contributed by atoms with E-state index < -0.39 is 16.3 Å². The van der Waals surface area contributed by atoms with Gasteiger partial charge in [-0.2, -0.15) is 0 Å². The van der Waals surface area contributed by atoms with Crippen molar-refractivity contribution in [1.29, 1.82) is 0 Å². The summed E-state index contributed by atoms with van der Waals surface area (Å²) in [5.41, 5.74) is 2.12. The first kappa shape index (κ1) is 20.5. The van der Waals surface area contributed by atoms with Gasteiger partial charge in [0.1, 0.15) is 36.1 Å². The van der Waals surface area contributed by atoms with Gasteiger partial charge in [-0.15, -0.1) is 0 Å². The van der Waals surface area contributed by atoms with Crippen molar-refractivity contribution in [3.05, 3.63) is 41.0 Å². The van der Waals surface area contributed by atoms with Crippen LogP contribution in [0.1, 0.15) is 34.3 Å². The molecule has 0 fully saturated rings. The summed E-state index contributed by atoms with van der Waals surface area (Å²) in [6, 6.07) is 7.11. The summed E-state index contributed by atoms with van der Waals surface area (Å²) in [6.45, 7) is 2.05. The molecule has 0 saturated carbocycles. The minimum Gasteiger partial charge on any atom is -0.493 e. The number of ketones is 1. The zero-order chi connectivity index (χ0) is 21.9. The number of alkyl halides is 1. The number of hydrogen-bond donors (Lipinski definition) is 1. The molecule has 0 unspecified atom stereocenters. The van der Waals surface area contributed by atoms with Crippen LogP contribution in [0.5, 0.6) is 28.7 Å². The van der Waals surface area contributed by atoms with Crippen LogP contribution < -0.4 is 23.7 Å². The highest BCUT2D eigenvalue weighted by molar-refractivity contribution is 9.10. The number of hydrogen-bond acceptors (Lipinski definition) is 7. The molecular formula is C23H23BrO7. The van der Waals surface area contributed by atoms with Crippen molar-refractivity contribution in [2.24, 2.45) is 0 Å². The molecule has 0 radical (unpaired) electrons. The molecule has 7 nitrogen and oxygen atoms in total. The standard InChI is InChI=1S/C23H23BrO7/c1-23(24,10-25)19-7-13-14(30-19)5-4-11-21(26)20-12-6-16(27-2)17(28-3)8-15(12)29-9-18(20)31-22(11)13/h4-6,8,18-20,25H,7,9-10H2,1-3H3/t18-,19-,20+,23-/m1/s1/i24-3. The number of fused-ring (bicyclic) bond motifs is 6. The lowest BCUT2D eigenvalue weighted by Crippen LogP contribution is -2.43. The smallest absolute Gasteiger partial charge is 0.178 e. The lowest BCUT2D eigenvalue weighted by atomic mass is 9.81. The predicted molar refractivity (Wildman–Crippen MR) is 116 cm³/mol. The quantitative estimate of drug-likeness (QED) is 0.662. The Morgan fingerprint density at radius 2 is 1.90 bits per heavy atom. The Balaban J connectivity index is 1.55. The zero-order valence-corrected chi connectivity index (χ0v) is 19.0. The van der Waals surface area contributed by atoms with Gasteiger partial charge in [-0.3, -0.25) is 4.79 Å². The average molecular weight is 488 g/mol. The molecule has 2 aromatic rings. The highest BCUT2D eigenvalue weighted by Crippen LogP contribution is 2.50. The number of Topliss-reactive ketones (excluding diaryl/α,β-unsaturated/α-hetero) is 1. The van der Waals surface area contributed by atoms with Crippen molar-refractivity contribution in [3.63, 3.8) is 0 Å². The Bertz CT molecular complexity index is 1060.